The van der Waals surface area contributed by atoms with Gasteiger partial charge in [0, 0.05) is 5.57 Å². The van der Waals surface area contributed by atoms with Crippen LogP contribution >= 0.6 is 0 Å². The van der Waals surface area contributed by atoms with Crippen molar-refractivity contribution in [3.05, 3.63) is 11.1 Å². The molecule has 0 aromatic heterocycles. The predicted molar refractivity (Wildman–Crippen MR) is 127 cm³/mol. The molecule has 0 heterocycles. The Hall–Kier alpha value is 0.590. The van der Waals surface area contributed by atoms with Gasteiger partial charge in [0.25, 0.3) is 10.1 Å². The molecule has 0 saturated carbocycles. The molecule has 0 bridgehead atoms. The van der Waals surface area contributed by atoms with E-state index in [0.29, 0.717) is 12.8 Å². The Balaban J connectivity index is -0.00000512. The molecule has 0 aliphatic carbocycles. The van der Waals surface area contributed by atoms with Gasteiger partial charge in [-0.2, -0.15) is 8.42 Å². The van der Waals surface area contributed by atoms with Crippen molar-refractivity contribution >= 4 is 22.1 Å². The van der Waals surface area contributed by atoms with Crippen LogP contribution in [-0.4, -0.2) is 30.2 Å². The van der Waals surface area contributed by atoms with Gasteiger partial charge >= 0.3 is 59.1 Å². The first-order valence-electron chi connectivity index (χ1n) is 12.8. The first-order chi connectivity index (χ1) is 15.7. The van der Waals surface area contributed by atoms with E-state index in [2.05, 4.69) is 6.92 Å². The molecule has 10 heteroatoms. The predicted octanol–water partition coefficient (Wildman–Crippen LogP) is -1.89. The van der Waals surface area contributed by atoms with Crippen LogP contribution in [0, 0.1) is 0 Å². The number of rotatable bonds is 22. The average molecular weight is 535 g/mol. The molecule has 0 aliphatic rings. The summed E-state index contributed by atoms with van der Waals surface area (Å²) in [6.45, 7) is 3.86. The van der Waals surface area contributed by atoms with Crippen molar-refractivity contribution in [3.63, 3.8) is 0 Å². The molecule has 35 heavy (non-hydrogen) atoms. The van der Waals surface area contributed by atoms with Crippen molar-refractivity contribution in [3.8, 4) is 0 Å². The van der Waals surface area contributed by atoms with Gasteiger partial charge in [-0.3, -0.25) is 4.55 Å². The van der Waals surface area contributed by atoms with E-state index in [9.17, 15) is 32.8 Å². The monoisotopic (exact) mass is 534 g/mol. The minimum atomic E-state index is -4.80. The Morgan fingerprint density at radius 2 is 1.03 bits per heavy atom. The maximum Gasteiger partial charge on any atom is 1.00 e. The standard InChI is InChI=1S/C25H46O7S.2Na/c1-3-5-6-7-8-9-10-11-12-13-14-15-16-17-18-20-22(33(30,31)32)23(25(28)29)21(19-4-2)24(26)27;;/h22H,3-20H2,1-2H3,(H,26,27)(H,28,29)(H,30,31,32);;/q;2*+1/p-2/b23-21-;;. The zero-order valence-corrected chi connectivity index (χ0v) is 27.4. The molecule has 1 atom stereocenters. The topological polar surface area (TPSA) is 135 Å². The Morgan fingerprint density at radius 3 is 1.31 bits per heavy atom. The third kappa shape index (κ3) is 20.3. The summed E-state index contributed by atoms with van der Waals surface area (Å²) < 4.78 is 33.2. The van der Waals surface area contributed by atoms with Crippen molar-refractivity contribution in [2.24, 2.45) is 0 Å². The van der Waals surface area contributed by atoms with Crippen molar-refractivity contribution in [2.45, 2.75) is 135 Å². The number of hydrogen-bond donors (Lipinski definition) is 1. The Morgan fingerprint density at radius 1 is 0.657 bits per heavy atom. The molecule has 0 aromatic carbocycles. The maximum atomic E-state index is 11.8. The van der Waals surface area contributed by atoms with Gasteiger partial charge in [-0.1, -0.05) is 117 Å². The fraction of sp³-hybridized carbons (Fsp3) is 0.840. The van der Waals surface area contributed by atoms with E-state index in [1.54, 1.807) is 6.92 Å². The quantitative estimate of drug-likeness (QED) is 0.0743. The third-order valence-electron chi connectivity index (χ3n) is 6.04. The number of hydrogen-bond acceptors (Lipinski definition) is 6. The second-order valence-corrected chi connectivity index (χ2v) is 10.6. The van der Waals surface area contributed by atoms with Crippen molar-refractivity contribution in [1.29, 1.82) is 0 Å². The molecular formula is C25H44Na2O7S. The number of carboxylic acid groups (broad SMARTS) is 2. The van der Waals surface area contributed by atoms with Crippen molar-refractivity contribution in [2.75, 3.05) is 0 Å². The van der Waals surface area contributed by atoms with Gasteiger partial charge in [0.05, 0.1) is 11.9 Å². The van der Waals surface area contributed by atoms with Gasteiger partial charge in [-0.05, 0) is 18.4 Å². The molecule has 7 nitrogen and oxygen atoms in total. The summed E-state index contributed by atoms with van der Waals surface area (Å²) in [6, 6.07) is 0. The van der Waals surface area contributed by atoms with Crippen molar-refractivity contribution in [1.82, 2.24) is 0 Å². The fourth-order valence-electron chi connectivity index (χ4n) is 4.19. The van der Waals surface area contributed by atoms with Gasteiger partial charge in [-0.15, -0.1) is 0 Å². The van der Waals surface area contributed by atoms with E-state index in [0.717, 1.165) is 19.3 Å². The van der Waals surface area contributed by atoms with E-state index in [1.165, 1.54) is 64.2 Å². The van der Waals surface area contributed by atoms with Crippen LogP contribution in [0.2, 0.25) is 0 Å². The fourth-order valence-corrected chi connectivity index (χ4v) is 5.19. The summed E-state index contributed by atoms with van der Waals surface area (Å²) in [7, 11) is -4.80. The van der Waals surface area contributed by atoms with Gasteiger partial charge < -0.3 is 19.8 Å². The summed E-state index contributed by atoms with van der Waals surface area (Å²) in [6.07, 6.45) is 16.9. The Bertz CT molecular complexity index is 694. The third-order valence-corrected chi connectivity index (χ3v) is 7.23. The molecule has 0 aliphatic heterocycles. The van der Waals surface area contributed by atoms with Crippen LogP contribution < -0.4 is 69.3 Å². The van der Waals surface area contributed by atoms with E-state index in [4.69, 9.17) is 0 Å². The van der Waals surface area contributed by atoms with E-state index < -0.39 is 38.5 Å². The minimum absolute atomic E-state index is 0. The molecule has 0 saturated heterocycles. The van der Waals surface area contributed by atoms with Crippen molar-refractivity contribution < 1.29 is 91.9 Å². The van der Waals surface area contributed by atoms with Crippen LogP contribution in [0.3, 0.4) is 0 Å². The van der Waals surface area contributed by atoms with E-state index in [-0.39, 0.29) is 78.4 Å². The van der Waals surface area contributed by atoms with Gasteiger partial charge in [0.2, 0.25) is 0 Å². The Labute approximate surface area is 257 Å². The van der Waals surface area contributed by atoms with E-state index >= 15 is 0 Å². The zero-order valence-electron chi connectivity index (χ0n) is 22.6. The molecule has 0 radical (unpaired) electrons. The number of carboxylic acids is 2. The zero-order chi connectivity index (χ0) is 25.1. The van der Waals surface area contributed by atoms with Crippen LogP contribution in [0.5, 0.6) is 0 Å². The molecule has 0 aromatic rings. The summed E-state index contributed by atoms with van der Waals surface area (Å²) in [5.74, 6) is -3.65. The van der Waals surface area contributed by atoms with Gasteiger partial charge in [0.1, 0.15) is 5.25 Å². The summed E-state index contributed by atoms with van der Waals surface area (Å²) >= 11 is 0. The average Bonchev–Trinajstić information content (AvgIpc) is 2.73. The normalized spacial score (nSPS) is 12.8. The summed E-state index contributed by atoms with van der Waals surface area (Å²) in [5.41, 5.74) is -1.51. The molecular weight excluding hydrogens is 490 g/mol. The van der Waals surface area contributed by atoms with Crippen LogP contribution in [0.4, 0.5) is 0 Å². The van der Waals surface area contributed by atoms with Gasteiger partial charge in [0.15, 0.2) is 0 Å². The van der Waals surface area contributed by atoms with E-state index in [1.807, 2.05) is 0 Å². The molecule has 0 spiro atoms. The maximum absolute atomic E-state index is 11.8. The smallest absolute Gasteiger partial charge is 0.545 e. The first-order valence-corrected chi connectivity index (χ1v) is 14.3. The van der Waals surface area contributed by atoms with Crippen LogP contribution in [0.25, 0.3) is 0 Å². The van der Waals surface area contributed by atoms with Crippen LogP contribution in [0.15, 0.2) is 11.1 Å². The van der Waals surface area contributed by atoms with Crippen LogP contribution in [-0.2, 0) is 19.7 Å². The first kappa shape index (κ1) is 40.1. The second-order valence-electron chi connectivity index (χ2n) is 8.96. The molecule has 194 valence electrons. The number of aliphatic carboxylic acids is 2. The molecule has 1 N–H and O–H groups in total. The number of unbranched alkanes of at least 4 members (excludes halogenated alkanes) is 14. The molecule has 1 unspecified atom stereocenters. The van der Waals surface area contributed by atoms with Gasteiger partial charge in [-0.25, -0.2) is 0 Å². The second kappa shape index (κ2) is 24.9. The molecule has 0 rings (SSSR count). The molecule has 0 amide bonds. The SMILES string of the molecule is CCCCCCCCCCCCCCCCCC(/C(C(=O)[O-])=C(\CCC)C(=O)[O-])S(=O)(=O)O.[Na+].[Na+]. The summed E-state index contributed by atoms with van der Waals surface area (Å²) in [4.78, 5) is 22.9. The largest absolute Gasteiger partial charge is 1.00 e. The Kier molecular flexibility index (Phi) is 28.5. The summed E-state index contributed by atoms with van der Waals surface area (Å²) in [5, 5.41) is 21.1. The molecule has 0 fully saturated rings. The minimum Gasteiger partial charge on any atom is -0.545 e. The number of carbonyl (C=O) groups excluding carboxylic acids is 2. The number of carbonyl (C=O) groups is 2. The van der Waals surface area contributed by atoms with Crippen LogP contribution in [0.1, 0.15) is 129 Å².